The van der Waals surface area contributed by atoms with Crippen molar-refractivity contribution in [1.82, 2.24) is 14.8 Å². The van der Waals surface area contributed by atoms with Crippen LogP contribution >= 0.6 is 0 Å². The van der Waals surface area contributed by atoms with Gasteiger partial charge in [0.05, 0.1) is 0 Å². The highest BCUT2D eigenvalue weighted by Gasteiger charge is 2.15. The first kappa shape index (κ1) is 11.0. The summed E-state index contributed by atoms with van der Waals surface area (Å²) in [6.45, 7) is 4.08. The third-order valence-corrected chi connectivity index (χ3v) is 3.11. The van der Waals surface area contributed by atoms with Gasteiger partial charge in [-0.1, -0.05) is 32.0 Å². The first-order valence-electron chi connectivity index (χ1n) is 6.05. The lowest BCUT2D eigenvalue weighted by atomic mass is 10.2. The molecule has 4 heteroatoms. The molecule has 0 unspecified atom stereocenters. The van der Waals surface area contributed by atoms with Crippen LogP contribution in [-0.2, 0) is 7.05 Å². The number of aromatic nitrogens is 3. The molecule has 92 valence electrons. The Morgan fingerprint density at radius 1 is 1.17 bits per heavy atom. The zero-order chi connectivity index (χ0) is 12.7. The number of benzene rings is 1. The first-order valence-corrected chi connectivity index (χ1v) is 6.05. The molecule has 0 aliphatic heterocycles. The topological polar surface area (TPSA) is 43.9 Å². The zero-order valence-electron chi connectivity index (χ0n) is 10.7. The van der Waals surface area contributed by atoms with Crippen molar-refractivity contribution in [3.63, 3.8) is 0 Å². The van der Waals surface area contributed by atoms with Gasteiger partial charge in [0.25, 0.3) is 5.89 Å². The fourth-order valence-electron chi connectivity index (χ4n) is 2.07. The molecule has 0 atom stereocenters. The average molecular weight is 241 g/mol. The van der Waals surface area contributed by atoms with Crippen LogP contribution in [0, 0.1) is 0 Å². The molecule has 0 saturated heterocycles. The van der Waals surface area contributed by atoms with E-state index in [1.54, 1.807) is 0 Å². The van der Waals surface area contributed by atoms with Crippen molar-refractivity contribution in [1.29, 1.82) is 0 Å². The van der Waals surface area contributed by atoms with Gasteiger partial charge in [0.15, 0.2) is 0 Å². The predicted molar refractivity (Wildman–Crippen MR) is 70.3 cm³/mol. The maximum atomic E-state index is 5.70. The predicted octanol–water partition coefficient (Wildman–Crippen LogP) is 3.35. The largest absolute Gasteiger partial charge is 0.419 e. The van der Waals surface area contributed by atoms with Crippen LogP contribution in [0.1, 0.15) is 25.7 Å². The van der Waals surface area contributed by atoms with Gasteiger partial charge < -0.3 is 8.98 Å². The maximum absolute atomic E-state index is 5.70. The van der Waals surface area contributed by atoms with Crippen LogP contribution in [-0.4, -0.2) is 14.8 Å². The van der Waals surface area contributed by atoms with Crippen LogP contribution < -0.4 is 0 Å². The van der Waals surface area contributed by atoms with Crippen molar-refractivity contribution >= 4 is 10.9 Å². The van der Waals surface area contributed by atoms with E-state index in [0.29, 0.717) is 11.8 Å². The van der Waals surface area contributed by atoms with Gasteiger partial charge in [0, 0.05) is 23.9 Å². The van der Waals surface area contributed by atoms with Gasteiger partial charge in [-0.15, -0.1) is 10.2 Å². The van der Waals surface area contributed by atoms with E-state index in [1.807, 2.05) is 33.0 Å². The van der Waals surface area contributed by atoms with Gasteiger partial charge in [-0.25, -0.2) is 0 Å². The fourth-order valence-corrected chi connectivity index (χ4v) is 2.07. The van der Waals surface area contributed by atoms with Gasteiger partial charge in [0.1, 0.15) is 5.69 Å². The number of rotatable bonds is 2. The lowest BCUT2D eigenvalue weighted by Crippen LogP contribution is -1.90. The van der Waals surface area contributed by atoms with E-state index in [-0.39, 0.29) is 5.92 Å². The second-order valence-corrected chi connectivity index (χ2v) is 4.75. The van der Waals surface area contributed by atoms with E-state index in [9.17, 15) is 0 Å². The Kier molecular flexibility index (Phi) is 2.44. The Labute approximate surface area is 105 Å². The van der Waals surface area contributed by atoms with E-state index in [0.717, 1.165) is 11.2 Å². The Morgan fingerprint density at radius 3 is 2.61 bits per heavy atom. The van der Waals surface area contributed by atoms with Gasteiger partial charge >= 0.3 is 0 Å². The summed E-state index contributed by atoms with van der Waals surface area (Å²) in [4.78, 5) is 0. The van der Waals surface area contributed by atoms with E-state index in [1.165, 1.54) is 5.39 Å². The van der Waals surface area contributed by atoms with Crippen LogP contribution in [0.2, 0.25) is 0 Å². The second-order valence-electron chi connectivity index (χ2n) is 4.75. The lowest BCUT2D eigenvalue weighted by molar-refractivity contribution is 0.478. The van der Waals surface area contributed by atoms with Crippen molar-refractivity contribution in [3.05, 3.63) is 36.2 Å². The Bertz CT molecular complexity index is 694. The molecule has 4 nitrogen and oxygen atoms in total. The number of hydrogen-bond donors (Lipinski definition) is 0. The third-order valence-electron chi connectivity index (χ3n) is 3.11. The highest BCUT2D eigenvalue weighted by atomic mass is 16.4. The highest BCUT2D eigenvalue weighted by molar-refractivity contribution is 5.85. The van der Waals surface area contributed by atoms with Gasteiger partial charge in [-0.05, 0) is 12.1 Å². The Hall–Kier alpha value is -2.10. The molecule has 0 bridgehead atoms. The summed E-state index contributed by atoms with van der Waals surface area (Å²) in [5.74, 6) is 1.51. The summed E-state index contributed by atoms with van der Waals surface area (Å²) in [5, 5.41) is 9.38. The molecular weight excluding hydrogens is 226 g/mol. The molecule has 1 aromatic carbocycles. The average Bonchev–Trinajstić information content (AvgIpc) is 2.95. The Morgan fingerprint density at radius 2 is 1.94 bits per heavy atom. The summed E-state index contributed by atoms with van der Waals surface area (Å²) < 4.78 is 7.77. The number of hydrogen-bond acceptors (Lipinski definition) is 3. The minimum atomic E-state index is 0.251. The Balaban J connectivity index is 2.15. The minimum absolute atomic E-state index is 0.251. The van der Waals surface area contributed by atoms with Crippen molar-refractivity contribution in [2.45, 2.75) is 19.8 Å². The number of nitrogens with zero attached hydrogens (tertiary/aromatic N) is 3. The molecule has 0 amide bonds. The van der Waals surface area contributed by atoms with Gasteiger partial charge in [-0.3, -0.25) is 0 Å². The molecule has 3 aromatic rings. The molecule has 3 rings (SSSR count). The number of para-hydroxylation sites is 1. The van der Waals surface area contributed by atoms with Crippen molar-refractivity contribution < 1.29 is 4.42 Å². The van der Waals surface area contributed by atoms with E-state index >= 15 is 0 Å². The van der Waals surface area contributed by atoms with Crippen molar-refractivity contribution in [3.8, 4) is 11.6 Å². The summed E-state index contributed by atoms with van der Waals surface area (Å²) in [6.07, 6.45) is 0. The summed E-state index contributed by atoms with van der Waals surface area (Å²) in [5.41, 5.74) is 2.12. The molecule has 0 aliphatic rings. The molecule has 2 aromatic heterocycles. The molecular formula is C14H15N3O. The van der Waals surface area contributed by atoms with Crippen LogP contribution in [0.5, 0.6) is 0 Å². The molecule has 0 N–H and O–H groups in total. The van der Waals surface area contributed by atoms with Crippen LogP contribution in [0.4, 0.5) is 0 Å². The van der Waals surface area contributed by atoms with E-state index in [2.05, 4.69) is 33.0 Å². The number of fused-ring (bicyclic) bond motifs is 1. The molecule has 0 radical (unpaired) electrons. The van der Waals surface area contributed by atoms with E-state index in [4.69, 9.17) is 4.42 Å². The van der Waals surface area contributed by atoms with Crippen LogP contribution in [0.3, 0.4) is 0 Å². The molecule has 0 saturated carbocycles. The van der Waals surface area contributed by atoms with Crippen LogP contribution in [0.15, 0.2) is 34.7 Å². The zero-order valence-corrected chi connectivity index (χ0v) is 10.7. The third kappa shape index (κ3) is 1.61. The minimum Gasteiger partial charge on any atom is -0.419 e. The molecule has 18 heavy (non-hydrogen) atoms. The summed E-state index contributed by atoms with van der Waals surface area (Å²) >= 11 is 0. The normalized spacial score (nSPS) is 11.6. The fraction of sp³-hybridized carbons (Fsp3) is 0.286. The van der Waals surface area contributed by atoms with E-state index < -0.39 is 0 Å². The quantitative estimate of drug-likeness (QED) is 0.691. The standard InChI is InChI=1S/C14H15N3O/c1-9(2)13-15-16-14(18-13)12-8-10-6-4-5-7-11(10)17(12)3/h4-9H,1-3H3. The van der Waals surface area contributed by atoms with Crippen molar-refractivity contribution in [2.75, 3.05) is 0 Å². The summed E-state index contributed by atoms with van der Waals surface area (Å²) in [6, 6.07) is 10.3. The van der Waals surface area contributed by atoms with Crippen LogP contribution in [0.25, 0.3) is 22.5 Å². The monoisotopic (exact) mass is 241 g/mol. The molecule has 0 aliphatic carbocycles. The SMILES string of the molecule is CC(C)c1nnc(-c2cc3ccccc3n2C)o1. The maximum Gasteiger partial charge on any atom is 0.264 e. The molecule has 2 heterocycles. The number of aryl methyl sites for hydroxylation is 1. The summed E-state index contributed by atoms with van der Waals surface area (Å²) in [7, 11) is 2.01. The van der Waals surface area contributed by atoms with Gasteiger partial charge in [-0.2, -0.15) is 0 Å². The smallest absolute Gasteiger partial charge is 0.264 e. The van der Waals surface area contributed by atoms with Crippen molar-refractivity contribution in [2.24, 2.45) is 7.05 Å². The molecule has 0 fully saturated rings. The first-order chi connectivity index (χ1) is 8.66. The lowest BCUT2D eigenvalue weighted by Gasteiger charge is -1.99. The molecule has 0 spiro atoms. The second kappa shape index (κ2) is 3.98. The highest BCUT2D eigenvalue weighted by Crippen LogP contribution is 2.27. The van der Waals surface area contributed by atoms with Gasteiger partial charge in [0.2, 0.25) is 5.89 Å².